The van der Waals surface area contributed by atoms with Crippen LogP contribution in [0, 0.1) is 19.8 Å². The summed E-state index contributed by atoms with van der Waals surface area (Å²) in [5, 5.41) is 3.56. The van der Waals surface area contributed by atoms with Gasteiger partial charge in [0, 0.05) is 37.6 Å². The van der Waals surface area contributed by atoms with Gasteiger partial charge in [-0.15, -0.1) is 0 Å². The molecule has 0 aliphatic carbocycles. The first kappa shape index (κ1) is 12.7. The van der Waals surface area contributed by atoms with Gasteiger partial charge in [-0.1, -0.05) is 0 Å². The molecule has 1 saturated heterocycles. The Morgan fingerprint density at radius 3 is 2.88 bits per heavy atom. The maximum atomic E-state index is 5.38. The largest absolute Gasteiger partial charge is 0.381 e. The highest BCUT2D eigenvalue weighted by molar-refractivity contribution is 5.26. The van der Waals surface area contributed by atoms with Crippen molar-refractivity contribution in [3.63, 3.8) is 0 Å². The van der Waals surface area contributed by atoms with Gasteiger partial charge < -0.3 is 14.6 Å². The Labute approximate surface area is 104 Å². The molecule has 1 unspecified atom stereocenters. The van der Waals surface area contributed by atoms with Crippen molar-refractivity contribution in [3.05, 3.63) is 23.0 Å². The number of hydrogen-bond donors (Lipinski definition) is 1. The Bertz CT molecular complexity index is 365. The molecule has 2 rings (SSSR count). The highest BCUT2D eigenvalue weighted by Gasteiger charge is 2.15. The first-order valence-corrected chi connectivity index (χ1v) is 6.66. The van der Waals surface area contributed by atoms with E-state index in [2.05, 4.69) is 36.7 Å². The molecule has 0 bridgehead atoms. The summed E-state index contributed by atoms with van der Waals surface area (Å²) in [6.45, 7) is 11.6. The quantitative estimate of drug-likeness (QED) is 0.848. The van der Waals surface area contributed by atoms with E-state index in [0.29, 0.717) is 5.92 Å². The second-order valence-corrected chi connectivity index (χ2v) is 5.00. The third kappa shape index (κ3) is 2.90. The number of aryl methyl sites for hydroxylation is 1. The van der Waals surface area contributed by atoms with Gasteiger partial charge in [0.05, 0.1) is 6.61 Å². The minimum atomic E-state index is 0.713. The molecule has 0 amide bonds. The lowest BCUT2D eigenvalue weighted by molar-refractivity contribution is 0.185. The lowest BCUT2D eigenvalue weighted by Gasteiger charge is -2.10. The molecule has 1 aromatic heterocycles. The van der Waals surface area contributed by atoms with Crippen molar-refractivity contribution in [2.24, 2.45) is 5.92 Å². The summed E-state index contributed by atoms with van der Waals surface area (Å²) in [5.74, 6) is 0.713. The maximum Gasteiger partial charge on any atom is 0.0507 e. The van der Waals surface area contributed by atoms with Crippen LogP contribution in [0.2, 0.25) is 0 Å². The van der Waals surface area contributed by atoms with E-state index in [1.807, 2.05) is 0 Å². The Kier molecular flexibility index (Phi) is 4.24. The smallest absolute Gasteiger partial charge is 0.0507 e. The zero-order valence-electron chi connectivity index (χ0n) is 11.3. The van der Waals surface area contributed by atoms with Gasteiger partial charge in [-0.25, -0.2) is 0 Å². The molecule has 0 aromatic carbocycles. The van der Waals surface area contributed by atoms with Crippen LogP contribution in [0.3, 0.4) is 0 Å². The van der Waals surface area contributed by atoms with E-state index >= 15 is 0 Å². The number of ether oxygens (including phenoxy) is 1. The van der Waals surface area contributed by atoms with Gasteiger partial charge in [-0.2, -0.15) is 0 Å². The number of nitrogens with zero attached hydrogens (tertiary/aromatic N) is 1. The first-order valence-electron chi connectivity index (χ1n) is 6.66. The fourth-order valence-corrected chi connectivity index (χ4v) is 2.69. The molecule has 1 atom stereocenters. The van der Waals surface area contributed by atoms with E-state index in [1.54, 1.807) is 0 Å². The van der Waals surface area contributed by atoms with Crippen LogP contribution >= 0.6 is 0 Å². The zero-order chi connectivity index (χ0) is 12.3. The van der Waals surface area contributed by atoms with Crippen molar-refractivity contribution in [2.45, 2.75) is 40.3 Å². The summed E-state index contributed by atoms with van der Waals surface area (Å²) in [6, 6.07) is 2.30. The minimum Gasteiger partial charge on any atom is -0.381 e. The van der Waals surface area contributed by atoms with E-state index in [9.17, 15) is 0 Å². The summed E-state index contributed by atoms with van der Waals surface area (Å²) < 4.78 is 7.75. The fourth-order valence-electron chi connectivity index (χ4n) is 2.69. The molecule has 0 radical (unpaired) electrons. The molecule has 96 valence electrons. The average Bonchev–Trinajstić information content (AvgIpc) is 2.89. The Morgan fingerprint density at radius 1 is 1.47 bits per heavy atom. The van der Waals surface area contributed by atoms with Gasteiger partial charge in [0.25, 0.3) is 0 Å². The van der Waals surface area contributed by atoms with Gasteiger partial charge in [-0.3, -0.25) is 0 Å². The van der Waals surface area contributed by atoms with E-state index in [1.165, 1.54) is 23.4 Å². The molecular formula is C14H24N2O. The molecule has 1 N–H and O–H groups in total. The SMILES string of the molecule is CCn1c(C)cc(CNCC2CCOC2)c1C. The monoisotopic (exact) mass is 236 g/mol. The summed E-state index contributed by atoms with van der Waals surface area (Å²) in [7, 11) is 0. The van der Waals surface area contributed by atoms with Crippen LogP contribution in [0.15, 0.2) is 6.07 Å². The van der Waals surface area contributed by atoms with Gasteiger partial charge >= 0.3 is 0 Å². The Morgan fingerprint density at radius 2 is 2.29 bits per heavy atom. The van der Waals surface area contributed by atoms with Crippen molar-refractivity contribution in [3.8, 4) is 0 Å². The number of aromatic nitrogens is 1. The van der Waals surface area contributed by atoms with E-state index in [-0.39, 0.29) is 0 Å². The Hall–Kier alpha value is -0.800. The lowest BCUT2D eigenvalue weighted by atomic mass is 10.1. The van der Waals surface area contributed by atoms with Crippen molar-refractivity contribution < 1.29 is 4.74 Å². The van der Waals surface area contributed by atoms with Gasteiger partial charge in [-0.05, 0) is 44.7 Å². The Balaban J connectivity index is 1.86. The van der Waals surface area contributed by atoms with Crippen LogP contribution in [0.5, 0.6) is 0 Å². The van der Waals surface area contributed by atoms with Crippen LogP contribution in [0.25, 0.3) is 0 Å². The lowest BCUT2D eigenvalue weighted by Crippen LogP contribution is -2.22. The number of nitrogens with one attached hydrogen (secondary N) is 1. The molecule has 1 aromatic rings. The average molecular weight is 236 g/mol. The third-order valence-corrected chi connectivity index (χ3v) is 3.77. The summed E-state index contributed by atoms with van der Waals surface area (Å²) >= 11 is 0. The van der Waals surface area contributed by atoms with Crippen molar-refractivity contribution in [1.29, 1.82) is 0 Å². The number of hydrogen-bond acceptors (Lipinski definition) is 2. The predicted octanol–water partition coefficient (Wildman–Crippen LogP) is 2.25. The van der Waals surface area contributed by atoms with Gasteiger partial charge in [0.2, 0.25) is 0 Å². The molecule has 3 nitrogen and oxygen atoms in total. The molecule has 1 fully saturated rings. The van der Waals surface area contributed by atoms with Crippen LogP contribution in [0.1, 0.15) is 30.3 Å². The molecule has 17 heavy (non-hydrogen) atoms. The molecule has 1 aliphatic heterocycles. The molecule has 0 spiro atoms. The van der Waals surface area contributed by atoms with E-state index < -0.39 is 0 Å². The molecule has 2 heterocycles. The topological polar surface area (TPSA) is 26.2 Å². The third-order valence-electron chi connectivity index (χ3n) is 3.77. The zero-order valence-corrected chi connectivity index (χ0v) is 11.3. The van der Waals surface area contributed by atoms with Crippen LogP contribution < -0.4 is 5.32 Å². The van der Waals surface area contributed by atoms with Gasteiger partial charge in [0.15, 0.2) is 0 Å². The van der Waals surface area contributed by atoms with E-state index in [0.717, 1.165) is 32.8 Å². The molecule has 0 saturated carbocycles. The highest BCUT2D eigenvalue weighted by Crippen LogP contribution is 2.15. The molecule has 3 heteroatoms. The highest BCUT2D eigenvalue weighted by atomic mass is 16.5. The fraction of sp³-hybridized carbons (Fsp3) is 0.714. The minimum absolute atomic E-state index is 0.713. The normalized spacial score (nSPS) is 20.1. The van der Waals surface area contributed by atoms with Crippen molar-refractivity contribution in [1.82, 2.24) is 9.88 Å². The molecule has 1 aliphatic rings. The number of rotatable bonds is 5. The standard InChI is InChI=1S/C14H24N2O/c1-4-16-11(2)7-14(12(16)3)9-15-8-13-5-6-17-10-13/h7,13,15H,4-6,8-10H2,1-3H3. The molecular weight excluding hydrogens is 212 g/mol. The second kappa shape index (κ2) is 5.69. The maximum absolute atomic E-state index is 5.38. The van der Waals surface area contributed by atoms with Crippen molar-refractivity contribution in [2.75, 3.05) is 19.8 Å². The van der Waals surface area contributed by atoms with Gasteiger partial charge in [0.1, 0.15) is 0 Å². The second-order valence-electron chi connectivity index (χ2n) is 5.00. The summed E-state index contributed by atoms with van der Waals surface area (Å²) in [5.41, 5.74) is 4.20. The van der Waals surface area contributed by atoms with Crippen LogP contribution in [-0.4, -0.2) is 24.3 Å². The van der Waals surface area contributed by atoms with Crippen LogP contribution in [-0.2, 0) is 17.8 Å². The predicted molar refractivity (Wildman–Crippen MR) is 70.2 cm³/mol. The summed E-state index contributed by atoms with van der Waals surface area (Å²) in [6.07, 6.45) is 1.21. The van der Waals surface area contributed by atoms with Crippen molar-refractivity contribution >= 4 is 0 Å². The van der Waals surface area contributed by atoms with E-state index in [4.69, 9.17) is 4.74 Å². The first-order chi connectivity index (χ1) is 8.22. The van der Waals surface area contributed by atoms with Crippen LogP contribution in [0.4, 0.5) is 0 Å². The summed E-state index contributed by atoms with van der Waals surface area (Å²) in [4.78, 5) is 0.